The van der Waals surface area contributed by atoms with Crippen LogP contribution < -0.4 is 34.7 Å². The molecule has 2 unspecified atom stereocenters. The first-order valence-corrected chi connectivity index (χ1v) is 5.83. The van der Waals surface area contributed by atoms with Crippen LogP contribution in [0.25, 0.3) is 0 Å². The topological polar surface area (TPSA) is 60.4 Å². The van der Waals surface area contributed by atoms with Gasteiger partial charge in [-0.3, -0.25) is 4.79 Å². The van der Waals surface area contributed by atoms with Gasteiger partial charge in [0.25, 0.3) is 0 Å². The molecule has 86 valence electrons. The number of piperidine rings is 1. The third-order valence-electron chi connectivity index (χ3n) is 2.75. The molecule has 1 amide bonds. The van der Waals surface area contributed by atoms with Gasteiger partial charge in [-0.25, -0.2) is 0 Å². The van der Waals surface area contributed by atoms with Crippen molar-refractivity contribution in [1.82, 2.24) is 4.90 Å². The van der Waals surface area contributed by atoms with Gasteiger partial charge in [0, 0.05) is 18.2 Å². The normalized spacial score (nSPS) is 22.1. The van der Waals surface area contributed by atoms with Crippen molar-refractivity contribution < 1.29 is 44.3 Å². The summed E-state index contributed by atoms with van der Waals surface area (Å²) in [5.74, 6) is -1.06. The van der Waals surface area contributed by atoms with Crippen molar-refractivity contribution in [3.8, 4) is 0 Å². The monoisotopic (exact) mass is 253 g/mol. The van der Waals surface area contributed by atoms with Crippen LogP contribution in [0, 0.1) is 5.92 Å². The molecule has 1 aliphatic rings. The number of nitrogens with zero attached hydrogens (tertiary/aromatic N) is 1. The van der Waals surface area contributed by atoms with Crippen LogP contribution in [0.15, 0.2) is 0 Å². The molecule has 0 aromatic carbocycles. The molecule has 1 saturated heterocycles. The Hall–Kier alpha value is 0.290. The number of likely N-dealkylation sites (tertiary alicyclic amines) is 1. The van der Waals surface area contributed by atoms with Crippen LogP contribution in [0.2, 0.25) is 0 Å². The number of amides is 1. The van der Waals surface area contributed by atoms with E-state index in [1.54, 1.807) is 6.92 Å². The summed E-state index contributed by atoms with van der Waals surface area (Å²) in [4.78, 5) is 24.1. The van der Waals surface area contributed by atoms with Gasteiger partial charge in [-0.1, -0.05) is 6.92 Å². The van der Waals surface area contributed by atoms with E-state index in [0.717, 1.165) is 12.8 Å². The average Bonchev–Trinajstić information content (AvgIpc) is 2.27. The van der Waals surface area contributed by atoms with Gasteiger partial charge in [0.2, 0.25) is 5.91 Å². The predicted octanol–water partition coefficient (Wildman–Crippen LogP) is -3.31. The standard InChI is InChI=1S/C10H17NO3S.Na/c1-7(6-15)9(12)11-5-3-2-4-8(11)10(13)14;/h7-8,15H,2-6H2,1H3,(H,13,14);/q;+1/p-1. The van der Waals surface area contributed by atoms with Gasteiger partial charge in [-0.15, -0.1) is 0 Å². The van der Waals surface area contributed by atoms with Gasteiger partial charge in [-0.2, -0.15) is 12.6 Å². The molecule has 1 fully saturated rings. The summed E-state index contributed by atoms with van der Waals surface area (Å²) < 4.78 is 0. The van der Waals surface area contributed by atoms with Crippen LogP contribution in [0.4, 0.5) is 0 Å². The molecular formula is C10H16NNaO3S. The van der Waals surface area contributed by atoms with E-state index < -0.39 is 12.0 Å². The summed E-state index contributed by atoms with van der Waals surface area (Å²) in [5.41, 5.74) is 0. The number of carboxylic acids is 1. The summed E-state index contributed by atoms with van der Waals surface area (Å²) in [6.07, 6.45) is 2.22. The maximum absolute atomic E-state index is 11.8. The first kappa shape index (κ1) is 16.3. The number of carboxylic acid groups (broad SMARTS) is 1. The minimum Gasteiger partial charge on any atom is -0.548 e. The molecule has 1 heterocycles. The van der Waals surface area contributed by atoms with E-state index in [-0.39, 0.29) is 41.4 Å². The minimum absolute atomic E-state index is 0. The molecule has 0 bridgehead atoms. The van der Waals surface area contributed by atoms with Gasteiger partial charge in [-0.05, 0) is 19.3 Å². The van der Waals surface area contributed by atoms with Gasteiger partial charge < -0.3 is 14.8 Å². The van der Waals surface area contributed by atoms with Crippen molar-refractivity contribution in [3.05, 3.63) is 0 Å². The van der Waals surface area contributed by atoms with E-state index in [1.807, 2.05) is 0 Å². The molecular weight excluding hydrogens is 237 g/mol. The van der Waals surface area contributed by atoms with Crippen LogP contribution in [0.1, 0.15) is 26.2 Å². The summed E-state index contributed by atoms with van der Waals surface area (Å²) in [6.45, 7) is 2.28. The fourth-order valence-electron chi connectivity index (χ4n) is 1.80. The Morgan fingerprint density at radius 2 is 2.12 bits per heavy atom. The molecule has 2 atom stereocenters. The van der Waals surface area contributed by atoms with Crippen molar-refractivity contribution in [2.24, 2.45) is 5.92 Å². The van der Waals surface area contributed by atoms with Crippen molar-refractivity contribution in [2.75, 3.05) is 12.3 Å². The van der Waals surface area contributed by atoms with Crippen LogP contribution in [-0.4, -0.2) is 35.1 Å². The van der Waals surface area contributed by atoms with Gasteiger partial charge in [0.15, 0.2) is 0 Å². The zero-order valence-electron chi connectivity index (χ0n) is 9.81. The SMILES string of the molecule is CC(CS)C(=O)N1CCCCC1C(=O)[O-].[Na+]. The number of hydrogen-bond donors (Lipinski definition) is 1. The van der Waals surface area contributed by atoms with Gasteiger partial charge in [0.05, 0.1) is 12.0 Å². The smallest absolute Gasteiger partial charge is 0.548 e. The third kappa shape index (κ3) is 3.95. The van der Waals surface area contributed by atoms with E-state index in [2.05, 4.69) is 12.6 Å². The second-order valence-electron chi connectivity index (χ2n) is 3.95. The Morgan fingerprint density at radius 3 is 2.62 bits per heavy atom. The first-order valence-electron chi connectivity index (χ1n) is 5.20. The van der Waals surface area contributed by atoms with Crippen LogP contribution in [0.5, 0.6) is 0 Å². The quantitative estimate of drug-likeness (QED) is 0.423. The van der Waals surface area contributed by atoms with Crippen molar-refractivity contribution in [1.29, 1.82) is 0 Å². The summed E-state index contributed by atoms with van der Waals surface area (Å²) in [7, 11) is 0. The maximum atomic E-state index is 11.8. The molecule has 16 heavy (non-hydrogen) atoms. The molecule has 0 spiro atoms. The molecule has 0 radical (unpaired) electrons. The van der Waals surface area contributed by atoms with Crippen molar-refractivity contribution in [2.45, 2.75) is 32.2 Å². The summed E-state index contributed by atoms with van der Waals surface area (Å²) >= 11 is 4.05. The second-order valence-corrected chi connectivity index (χ2v) is 4.31. The van der Waals surface area contributed by atoms with Gasteiger partial charge >= 0.3 is 29.6 Å². The largest absolute Gasteiger partial charge is 1.00 e. The molecule has 6 heteroatoms. The van der Waals surface area contributed by atoms with E-state index in [1.165, 1.54) is 4.90 Å². The summed E-state index contributed by atoms with van der Waals surface area (Å²) in [5, 5.41) is 10.9. The number of carbonyl (C=O) groups is 2. The third-order valence-corrected chi connectivity index (χ3v) is 3.30. The number of aliphatic carboxylic acids is 1. The van der Waals surface area contributed by atoms with E-state index in [9.17, 15) is 14.7 Å². The summed E-state index contributed by atoms with van der Waals surface area (Å²) in [6, 6.07) is -0.742. The Labute approximate surface area is 123 Å². The molecule has 4 nitrogen and oxygen atoms in total. The number of rotatable bonds is 3. The van der Waals surface area contributed by atoms with E-state index >= 15 is 0 Å². The number of carbonyl (C=O) groups excluding carboxylic acids is 2. The molecule has 0 N–H and O–H groups in total. The molecule has 1 rings (SSSR count). The Kier molecular flexibility index (Phi) is 7.72. The molecule has 0 aromatic heterocycles. The second kappa shape index (κ2) is 7.58. The zero-order valence-corrected chi connectivity index (χ0v) is 12.7. The Balaban J connectivity index is 0.00000225. The maximum Gasteiger partial charge on any atom is 1.00 e. The van der Waals surface area contributed by atoms with Crippen LogP contribution in [0.3, 0.4) is 0 Å². The van der Waals surface area contributed by atoms with Gasteiger partial charge in [0.1, 0.15) is 0 Å². The van der Waals surface area contributed by atoms with Crippen LogP contribution >= 0.6 is 12.6 Å². The molecule has 0 aliphatic carbocycles. The molecule has 0 saturated carbocycles. The van der Waals surface area contributed by atoms with Crippen molar-refractivity contribution in [3.63, 3.8) is 0 Å². The first-order chi connectivity index (χ1) is 7.07. The van der Waals surface area contributed by atoms with E-state index in [0.29, 0.717) is 18.7 Å². The molecule has 1 aliphatic heterocycles. The number of hydrogen-bond acceptors (Lipinski definition) is 4. The zero-order chi connectivity index (χ0) is 11.4. The molecule has 0 aromatic rings. The minimum atomic E-state index is -1.14. The van der Waals surface area contributed by atoms with Crippen LogP contribution in [-0.2, 0) is 9.59 Å². The van der Waals surface area contributed by atoms with E-state index in [4.69, 9.17) is 0 Å². The fraction of sp³-hybridized carbons (Fsp3) is 0.800. The Bertz CT molecular complexity index is 262. The average molecular weight is 253 g/mol. The number of thiol groups is 1. The predicted molar refractivity (Wildman–Crippen MR) is 57.4 cm³/mol. The fourth-order valence-corrected chi connectivity index (χ4v) is 1.96. The van der Waals surface area contributed by atoms with Crippen molar-refractivity contribution >= 4 is 24.5 Å². The Morgan fingerprint density at radius 1 is 1.50 bits per heavy atom.